The maximum atomic E-state index is 6.52. The number of furan rings is 2. The molecule has 0 aliphatic carbocycles. The number of rotatable bonds is 4. The Morgan fingerprint density at radius 2 is 0.843 bits per heavy atom. The molecule has 3 aromatic heterocycles. The van der Waals surface area contributed by atoms with Gasteiger partial charge in [-0.05, 0) is 70.3 Å². The van der Waals surface area contributed by atoms with E-state index in [0.29, 0.717) is 0 Å². The number of aromatic amines is 1. The first-order valence-corrected chi connectivity index (χ1v) is 17.3. The number of H-pyrrole nitrogens is 1. The van der Waals surface area contributed by atoms with Gasteiger partial charge in [-0.3, -0.25) is 0 Å². The maximum Gasteiger partial charge on any atom is 0.143 e. The number of aromatic nitrogens is 1. The molecule has 0 amide bonds. The number of para-hydroxylation sites is 5. The molecule has 3 heterocycles. The van der Waals surface area contributed by atoms with Crippen LogP contribution >= 0.6 is 0 Å². The fourth-order valence-electron chi connectivity index (χ4n) is 8.02. The molecule has 11 rings (SSSR count). The van der Waals surface area contributed by atoms with Crippen LogP contribution in [-0.2, 0) is 0 Å². The minimum atomic E-state index is 0.901. The SMILES string of the molecule is c1ccc(-c2cc(-c3cccc4c3[nH]c3ccc(-c5cccc6c5oc5ccccc56)cc34)cc(-c3cccc4c3oc3ccccc34)c2)cc1. The molecule has 8 aromatic carbocycles. The average molecular weight is 652 g/mol. The van der Waals surface area contributed by atoms with Crippen molar-refractivity contribution in [2.45, 2.75) is 0 Å². The van der Waals surface area contributed by atoms with Crippen molar-refractivity contribution in [2.24, 2.45) is 0 Å². The highest BCUT2D eigenvalue weighted by Crippen LogP contribution is 2.42. The Kier molecular flexibility index (Phi) is 5.96. The van der Waals surface area contributed by atoms with E-state index in [2.05, 4.69) is 151 Å². The lowest BCUT2D eigenvalue weighted by Crippen LogP contribution is -1.87. The molecule has 0 saturated carbocycles. The van der Waals surface area contributed by atoms with Gasteiger partial charge in [-0.1, -0.05) is 127 Å². The van der Waals surface area contributed by atoms with Gasteiger partial charge in [0.1, 0.15) is 22.3 Å². The first kappa shape index (κ1) is 28.0. The molecular formula is C48H29NO2. The zero-order valence-corrected chi connectivity index (χ0v) is 27.5. The lowest BCUT2D eigenvalue weighted by Gasteiger charge is -2.12. The second-order valence-electron chi connectivity index (χ2n) is 13.3. The number of hydrogen-bond acceptors (Lipinski definition) is 2. The Morgan fingerprint density at radius 1 is 0.314 bits per heavy atom. The molecule has 0 radical (unpaired) electrons. The molecule has 0 bridgehead atoms. The highest BCUT2D eigenvalue weighted by molar-refractivity contribution is 6.15. The van der Waals surface area contributed by atoms with E-state index in [1.54, 1.807) is 0 Å². The van der Waals surface area contributed by atoms with Crippen LogP contribution in [0.3, 0.4) is 0 Å². The first-order valence-electron chi connectivity index (χ1n) is 17.3. The standard InChI is InChI=1S/C48H29NO2/c1-2-11-29(12-3-1)31-25-32(27-33(26-31)36-17-10-20-41-38-14-5-7-22-45(38)51-48(36)41)34-15-8-18-39-42-28-30(23-24-43(42)49-46(34)39)35-16-9-19-40-37-13-4-6-21-44(37)50-47(35)40/h1-28,49H. The van der Waals surface area contributed by atoms with E-state index in [0.717, 1.165) is 93.9 Å². The Balaban J connectivity index is 1.11. The van der Waals surface area contributed by atoms with Gasteiger partial charge in [0.15, 0.2) is 0 Å². The van der Waals surface area contributed by atoms with Crippen LogP contribution in [0.1, 0.15) is 0 Å². The molecule has 0 saturated heterocycles. The number of benzene rings is 8. The zero-order chi connectivity index (χ0) is 33.5. The molecule has 0 fully saturated rings. The van der Waals surface area contributed by atoms with Gasteiger partial charge in [0, 0.05) is 54.5 Å². The van der Waals surface area contributed by atoms with Gasteiger partial charge in [-0.25, -0.2) is 0 Å². The van der Waals surface area contributed by atoms with Crippen LogP contribution in [0.2, 0.25) is 0 Å². The van der Waals surface area contributed by atoms with Crippen molar-refractivity contribution in [1.82, 2.24) is 4.98 Å². The van der Waals surface area contributed by atoms with Crippen molar-refractivity contribution < 1.29 is 8.83 Å². The van der Waals surface area contributed by atoms with Crippen LogP contribution in [-0.4, -0.2) is 4.98 Å². The quantitative estimate of drug-likeness (QED) is 0.206. The highest BCUT2D eigenvalue weighted by atomic mass is 16.3. The minimum absolute atomic E-state index is 0.901. The van der Waals surface area contributed by atoms with Crippen molar-refractivity contribution in [3.63, 3.8) is 0 Å². The van der Waals surface area contributed by atoms with Crippen molar-refractivity contribution in [2.75, 3.05) is 0 Å². The van der Waals surface area contributed by atoms with E-state index >= 15 is 0 Å². The highest BCUT2D eigenvalue weighted by Gasteiger charge is 2.18. The third-order valence-corrected chi connectivity index (χ3v) is 10.4. The van der Waals surface area contributed by atoms with Crippen molar-refractivity contribution in [3.05, 3.63) is 170 Å². The van der Waals surface area contributed by atoms with Crippen molar-refractivity contribution >= 4 is 65.7 Å². The summed E-state index contributed by atoms with van der Waals surface area (Å²) in [7, 11) is 0. The van der Waals surface area contributed by atoms with Gasteiger partial charge in [-0.2, -0.15) is 0 Å². The van der Waals surface area contributed by atoms with Crippen LogP contribution in [0, 0.1) is 0 Å². The van der Waals surface area contributed by atoms with E-state index in [-0.39, 0.29) is 0 Å². The summed E-state index contributed by atoms with van der Waals surface area (Å²) in [6.07, 6.45) is 0. The molecule has 51 heavy (non-hydrogen) atoms. The fourth-order valence-corrected chi connectivity index (χ4v) is 8.02. The Hall–Kier alpha value is -6.84. The smallest absolute Gasteiger partial charge is 0.143 e. The van der Waals surface area contributed by atoms with E-state index < -0.39 is 0 Å². The van der Waals surface area contributed by atoms with Gasteiger partial charge >= 0.3 is 0 Å². The molecule has 11 aromatic rings. The second-order valence-corrected chi connectivity index (χ2v) is 13.3. The first-order chi connectivity index (χ1) is 25.3. The molecule has 0 aliphatic rings. The molecule has 0 aliphatic heterocycles. The summed E-state index contributed by atoms with van der Waals surface area (Å²) in [5.74, 6) is 0. The van der Waals surface area contributed by atoms with Gasteiger partial charge in [0.2, 0.25) is 0 Å². The molecule has 238 valence electrons. The Morgan fingerprint density at radius 3 is 1.53 bits per heavy atom. The van der Waals surface area contributed by atoms with Gasteiger partial charge in [0.05, 0.1) is 5.52 Å². The lowest BCUT2D eigenvalue weighted by molar-refractivity contribution is 0.669. The zero-order valence-electron chi connectivity index (χ0n) is 27.5. The molecule has 0 atom stereocenters. The van der Waals surface area contributed by atoms with Crippen LogP contribution in [0.5, 0.6) is 0 Å². The van der Waals surface area contributed by atoms with E-state index in [4.69, 9.17) is 8.83 Å². The summed E-state index contributed by atoms with van der Waals surface area (Å²) in [4.78, 5) is 3.81. The largest absolute Gasteiger partial charge is 0.455 e. The minimum Gasteiger partial charge on any atom is -0.455 e. The van der Waals surface area contributed by atoms with Crippen LogP contribution in [0.25, 0.3) is 110 Å². The van der Waals surface area contributed by atoms with E-state index in [1.807, 2.05) is 24.3 Å². The van der Waals surface area contributed by atoms with Crippen molar-refractivity contribution in [1.29, 1.82) is 0 Å². The predicted octanol–water partition coefficient (Wildman–Crippen LogP) is 13.8. The predicted molar refractivity (Wildman–Crippen MR) is 212 cm³/mol. The van der Waals surface area contributed by atoms with Crippen LogP contribution in [0.4, 0.5) is 0 Å². The topological polar surface area (TPSA) is 42.1 Å². The van der Waals surface area contributed by atoms with Gasteiger partial charge in [-0.15, -0.1) is 0 Å². The third-order valence-electron chi connectivity index (χ3n) is 10.4. The van der Waals surface area contributed by atoms with E-state index in [9.17, 15) is 0 Å². The van der Waals surface area contributed by atoms with Crippen molar-refractivity contribution in [3.8, 4) is 44.5 Å². The summed E-state index contributed by atoms with van der Waals surface area (Å²) < 4.78 is 12.9. The lowest BCUT2D eigenvalue weighted by atomic mass is 9.92. The van der Waals surface area contributed by atoms with Crippen LogP contribution < -0.4 is 0 Å². The van der Waals surface area contributed by atoms with Gasteiger partial charge in [0.25, 0.3) is 0 Å². The maximum absolute atomic E-state index is 6.52. The molecule has 1 N–H and O–H groups in total. The van der Waals surface area contributed by atoms with E-state index in [1.165, 1.54) is 16.3 Å². The second kappa shape index (κ2) is 10.8. The third kappa shape index (κ3) is 4.32. The van der Waals surface area contributed by atoms with Crippen LogP contribution in [0.15, 0.2) is 179 Å². The summed E-state index contributed by atoms with van der Waals surface area (Å²) in [6.45, 7) is 0. The number of hydrogen-bond donors (Lipinski definition) is 1. The summed E-state index contributed by atoms with van der Waals surface area (Å²) >= 11 is 0. The monoisotopic (exact) mass is 651 g/mol. The average Bonchev–Trinajstić information content (AvgIpc) is 3.89. The molecule has 3 heteroatoms. The summed E-state index contributed by atoms with van der Waals surface area (Å²) in [5, 5.41) is 6.91. The fraction of sp³-hybridized carbons (Fsp3) is 0. The number of nitrogens with one attached hydrogen (secondary N) is 1. The molecule has 0 spiro atoms. The Labute approximate surface area is 293 Å². The molecular weight excluding hydrogens is 623 g/mol. The molecule has 0 unspecified atom stereocenters. The molecule has 3 nitrogen and oxygen atoms in total. The summed E-state index contributed by atoms with van der Waals surface area (Å²) in [5.41, 5.74) is 14.9. The number of fused-ring (bicyclic) bond motifs is 9. The Bertz CT molecular complexity index is 3140. The normalized spacial score (nSPS) is 11.9. The van der Waals surface area contributed by atoms with Gasteiger partial charge < -0.3 is 13.8 Å². The summed E-state index contributed by atoms with van der Waals surface area (Å²) in [6, 6.07) is 60.3.